The van der Waals surface area contributed by atoms with Crippen LogP contribution < -0.4 is 10.6 Å². The first-order valence-electron chi connectivity index (χ1n) is 11.4. The molecule has 1 heterocycles. The largest absolute Gasteiger partial charge is 0.357 e. The Morgan fingerprint density at radius 1 is 1.18 bits per heavy atom. The van der Waals surface area contributed by atoms with Crippen molar-refractivity contribution in [1.82, 2.24) is 20.4 Å². The average Bonchev–Trinajstić information content (AvgIpc) is 3.13. The molecule has 1 amide bonds. The SMILES string of the molecule is CCNC(=NCC(CC(C)C)N(C)C)NC1CCN(C(=O)C2CCCCC2)C1. The number of aliphatic imine (C=N–C) groups is 1. The summed E-state index contributed by atoms with van der Waals surface area (Å²) in [6.45, 7) is 9.95. The number of nitrogens with one attached hydrogen (secondary N) is 2. The molecule has 0 aromatic carbocycles. The molecule has 1 aliphatic carbocycles. The van der Waals surface area contributed by atoms with E-state index >= 15 is 0 Å². The Hall–Kier alpha value is -1.30. The van der Waals surface area contributed by atoms with Gasteiger partial charge in [0.05, 0.1) is 6.54 Å². The first kappa shape index (κ1) is 23.0. The van der Waals surface area contributed by atoms with Crippen LogP contribution in [0.3, 0.4) is 0 Å². The van der Waals surface area contributed by atoms with Gasteiger partial charge < -0.3 is 20.4 Å². The Balaban J connectivity index is 1.88. The minimum atomic E-state index is 0.270. The normalized spacial score (nSPS) is 22.8. The van der Waals surface area contributed by atoms with Crippen molar-refractivity contribution in [3.63, 3.8) is 0 Å². The third-order valence-corrected chi connectivity index (χ3v) is 6.07. The van der Waals surface area contributed by atoms with Gasteiger partial charge >= 0.3 is 0 Å². The summed E-state index contributed by atoms with van der Waals surface area (Å²) < 4.78 is 0. The molecule has 6 nitrogen and oxygen atoms in total. The Morgan fingerprint density at radius 3 is 2.50 bits per heavy atom. The Labute approximate surface area is 172 Å². The molecule has 28 heavy (non-hydrogen) atoms. The number of likely N-dealkylation sites (tertiary alicyclic amines) is 1. The van der Waals surface area contributed by atoms with Gasteiger partial charge in [-0.15, -0.1) is 0 Å². The van der Waals surface area contributed by atoms with Gasteiger partial charge in [0.2, 0.25) is 5.91 Å². The van der Waals surface area contributed by atoms with Crippen molar-refractivity contribution in [1.29, 1.82) is 0 Å². The monoisotopic (exact) mass is 393 g/mol. The Kier molecular flexibility index (Phi) is 9.56. The molecule has 0 radical (unpaired) electrons. The van der Waals surface area contributed by atoms with E-state index in [-0.39, 0.29) is 5.92 Å². The predicted octanol–water partition coefficient (Wildman–Crippen LogP) is 2.70. The maximum absolute atomic E-state index is 12.8. The van der Waals surface area contributed by atoms with Crippen molar-refractivity contribution in [3.8, 4) is 0 Å². The van der Waals surface area contributed by atoms with Crippen molar-refractivity contribution >= 4 is 11.9 Å². The number of rotatable bonds is 8. The summed E-state index contributed by atoms with van der Waals surface area (Å²) in [5.74, 6) is 2.20. The van der Waals surface area contributed by atoms with Crippen molar-refractivity contribution < 1.29 is 4.79 Å². The molecular formula is C22H43N5O. The van der Waals surface area contributed by atoms with E-state index in [0.717, 1.165) is 57.8 Å². The van der Waals surface area contributed by atoms with Gasteiger partial charge in [-0.2, -0.15) is 0 Å². The van der Waals surface area contributed by atoms with E-state index < -0.39 is 0 Å². The third-order valence-electron chi connectivity index (χ3n) is 6.07. The van der Waals surface area contributed by atoms with Crippen molar-refractivity contribution in [2.24, 2.45) is 16.8 Å². The number of hydrogen-bond donors (Lipinski definition) is 2. The van der Waals surface area contributed by atoms with Crippen LogP contribution in [-0.4, -0.2) is 74.0 Å². The van der Waals surface area contributed by atoms with Crippen LogP contribution in [0.2, 0.25) is 0 Å². The van der Waals surface area contributed by atoms with Crippen molar-refractivity contribution in [2.45, 2.75) is 77.8 Å². The van der Waals surface area contributed by atoms with Crippen LogP contribution in [0.1, 0.15) is 65.7 Å². The highest BCUT2D eigenvalue weighted by atomic mass is 16.2. The standard InChI is InChI=1S/C22H43N5O/c1-6-23-22(24-15-20(26(4)5)14-17(2)3)25-19-12-13-27(16-19)21(28)18-10-8-7-9-11-18/h17-20H,6-16H2,1-5H3,(H2,23,24,25). The van der Waals surface area contributed by atoms with Crippen LogP contribution in [0, 0.1) is 11.8 Å². The lowest BCUT2D eigenvalue weighted by Gasteiger charge is -2.27. The fraction of sp³-hybridized carbons (Fsp3) is 0.909. The van der Waals surface area contributed by atoms with E-state index in [4.69, 9.17) is 4.99 Å². The van der Waals surface area contributed by atoms with Gasteiger partial charge in [-0.25, -0.2) is 0 Å². The maximum atomic E-state index is 12.8. The molecule has 2 N–H and O–H groups in total. The number of amides is 1. The van der Waals surface area contributed by atoms with Crippen molar-refractivity contribution in [3.05, 3.63) is 0 Å². The molecule has 162 valence electrons. The average molecular weight is 394 g/mol. The summed E-state index contributed by atoms with van der Waals surface area (Å²) in [6.07, 6.45) is 8.04. The molecule has 2 atom stereocenters. The number of carbonyl (C=O) groups excluding carboxylic acids is 1. The smallest absolute Gasteiger partial charge is 0.225 e. The highest BCUT2D eigenvalue weighted by Gasteiger charge is 2.31. The molecule has 6 heteroatoms. The molecule has 1 saturated heterocycles. The second-order valence-corrected chi connectivity index (χ2v) is 9.22. The van der Waals surface area contributed by atoms with E-state index in [0.29, 0.717) is 23.9 Å². The molecule has 2 fully saturated rings. The van der Waals surface area contributed by atoms with Crippen LogP contribution in [0.4, 0.5) is 0 Å². The van der Waals surface area contributed by atoms with Crippen LogP contribution in [0.15, 0.2) is 4.99 Å². The van der Waals surface area contributed by atoms with Gasteiger partial charge in [-0.3, -0.25) is 9.79 Å². The highest BCUT2D eigenvalue weighted by Crippen LogP contribution is 2.26. The molecule has 1 saturated carbocycles. The minimum absolute atomic E-state index is 0.270. The first-order chi connectivity index (χ1) is 13.4. The number of carbonyl (C=O) groups is 1. The zero-order valence-electron chi connectivity index (χ0n) is 18.8. The fourth-order valence-corrected chi connectivity index (χ4v) is 4.39. The summed E-state index contributed by atoms with van der Waals surface area (Å²) in [5.41, 5.74) is 0. The molecule has 0 aromatic rings. The van der Waals surface area contributed by atoms with Crippen molar-refractivity contribution in [2.75, 3.05) is 40.3 Å². The molecule has 0 bridgehead atoms. The zero-order chi connectivity index (χ0) is 20.5. The number of likely N-dealkylation sites (N-methyl/N-ethyl adjacent to an activating group) is 1. The molecule has 2 unspecified atom stereocenters. The van der Waals surface area contributed by atoms with Gasteiger partial charge in [-0.1, -0.05) is 33.1 Å². The third kappa shape index (κ3) is 7.26. The van der Waals surface area contributed by atoms with Gasteiger partial charge in [0.1, 0.15) is 0 Å². The molecule has 0 aromatic heterocycles. The van der Waals surface area contributed by atoms with Crippen LogP contribution in [0.25, 0.3) is 0 Å². The van der Waals surface area contributed by atoms with E-state index in [9.17, 15) is 4.79 Å². The molecule has 2 rings (SSSR count). The number of hydrogen-bond acceptors (Lipinski definition) is 3. The highest BCUT2D eigenvalue weighted by molar-refractivity contribution is 5.81. The minimum Gasteiger partial charge on any atom is -0.357 e. The van der Waals surface area contributed by atoms with Gasteiger partial charge in [0.15, 0.2) is 5.96 Å². The lowest BCUT2D eigenvalue weighted by Crippen LogP contribution is -2.46. The van der Waals surface area contributed by atoms with E-state index in [1.165, 1.54) is 19.3 Å². The van der Waals surface area contributed by atoms with Crippen LogP contribution in [0.5, 0.6) is 0 Å². The van der Waals surface area contributed by atoms with Crippen LogP contribution >= 0.6 is 0 Å². The predicted molar refractivity (Wildman–Crippen MR) is 118 cm³/mol. The fourth-order valence-electron chi connectivity index (χ4n) is 4.39. The Bertz CT molecular complexity index is 499. The topological polar surface area (TPSA) is 60.0 Å². The molecule has 1 aliphatic heterocycles. The van der Waals surface area contributed by atoms with E-state index in [1.54, 1.807) is 0 Å². The summed E-state index contributed by atoms with van der Waals surface area (Å²) in [4.78, 5) is 22.0. The van der Waals surface area contributed by atoms with Gasteiger partial charge in [0.25, 0.3) is 0 Å². The van der Waals surface area contributed by atoms with Gasteiger partial charge in [-0.05, 0) is 52.6 Å². The summed E-state index contributed by atoms with van der Waals surface area (Å²) in [6, 6.07) is 0.747. The lowest BCUT2D eigenvalue weighted by atomic mass is 9.88. The number of nitrogens with zero attached hydrogens (tertiary/aromatic N) is 3. The summed E-state index contributed by atoms with van der Waals surface area (Å²) in [5, 5.41) is 6.96. The second kappa shape index (κ2) is 11.6. The van der Waals surface area contributed by atoms with Gasteiger partial charge in [0, 0.05) is 37.6 Å². The van der Waals surface area contributed by atoms with E-state index in [2.05, 4.69) is 55.3 Å². The molecule has 0 spiro atoms. The molecular weight excluding hydrogens is 350 g/mol. The first-order valence-corrected chi connectivity index (χ1v) is 11.4. The maximum Gasteiger partial charge on any atom is 0.225 e. The lowest BCUT2D eigenvalue weighted by molar-refractivity contribution is -0.135. The Morgan fingerprint density at radius 2 is 1.89 bits per heavy atom. The van der Waals surface area contributed by atoms with E-state index in [1.807, 2.05) is 0 Å². The summed E-state index contributed by atoms with van der Waals surface area (Å²) >= 11 is 0. The molecule has 2 aliphatic rings. The van der Waals surface area contributed by atoms with Crippen LogP contribution in [-0.2, 0) is 4.79 Å². The number of guanidine groups is 1. The second-order valence-electron chi connectivity index (χ2n) is 9.22. The summed E-state index contributed by atoms with van der Waals surface area (Å²) in [7, 11) is 4.27. The zero-order valence-corrected chi connectivity index (χ0v) is 18.8. The quantitative estimate of drug-likeness (QED) is 0.492.